The van der Waals surface area contributed by atoms with Crippen molar-refractivity contribution in [3.8, 4) is 17.2 Å². The molecular weight excluding hydrogens is 270 g/mol. The number of nitrogens with one attached hydrogen (secondary N) is 1. The highest BCUT2D eigenvalue weighted by Crippen LogP contribution is 2.40. The van der Waals surface area contributed by atoms with Crippen molar-refractivity contribution in [1.29, 1.82) is 0 Å². The van der Waals surface area contributed by atoms with E-state index in [1.807, 2.05) is 12.1 Å². The third-order valence-electron chi connectivity index (χ3n) is 4.21. The number of ether oxygens (including phenoxy) is 3. The normalized spacial score (nSPS) is 17.8. The van der Waals surface area contributed by atoms with Gasteiger partial charge in [-0.15, -0.1) is 0 Å². The van der Waals surface area contributed by atoms with Crippen molar-refractivity contribution in [2.75, 3.05) is 27.9 Å². The van der Waals surface area contributed by atoms with E-state index in [-0.39, 0.29) is 6.04 Å². The Balaban J connectivity index is 2.14. The van der Waals surface area contributed by atoms with Gasteiger partial charge in [-0.2, -0.15) is 0 Å². The molecule has 1 aromatic carbocycles. The number of methoxy groups -OCH3 is 3. The molecule has 5 nitrogen and oxygen atoms in total. The maximum atomic E-state index is 10.2. The van der Waals surface area contributed by atoms with Gasteiger partial charge >= 0.3 is 0 Å². The summed E-state index contributed by atoms with van der Waals surface area (Å²) in [6.45, 7) is 2.66. The van der Waals surface area contributed by atoms with E-state index in [9.17, 15) is 5.11 Å². The van der Waals surface area contributed by atoms with E-state index < -0.39 is 5.60 Å². The van der Waals surface area contributed by atoms with Crippen LogP contribution in [-0.2, 0) is 0 Å². The van der Waals surface area contributed by atoms with Crippen LogP contribution in [-0.4, -0.2) is 38.6 Å². The number of hydrogen-bond acceptors (Lipinski definition) is 5. The lowest BCUT2D eigenvalue weighted by molar-refractivity contribution is -0.0329. The van der Waals surface area contributed by atoms with Gasteiger partial charge in [0.25, 0.3) is 0 Å². The lowest BCUT2D eigenvalue weighted by Crippen LogP contribution is -2.46. The second kappa shape index (κ2) is 6.54. The van der Waals surface area contributed by atoms with Crippen LogP contribution in [0.5, 0.6) is 17.2 Å². The molecule has 0 heterocycles. The summed E-state index contributed by atoms with van der Waals surface area (Å²) in [6.07, 6.45) is 2.86. The first-order valence-corrected chi connectivity index (χ1v) is 7.28. The number of benzene rings is 1. The molecule has 2 N–H and O–H groups in total. The second-order valence-electron chi connectivity index (χ2n) is 5.64. The van der Waals surface area contributed by atoms with Crippen LogP contribution in [0.1, 0.15) is 37.8 Å². The highest BCUT2D eigenvalue weighted by molar-refractivity contribution is 5.54. The molecule has 1 aliphatic carbocycles. The minimum atomic E-state index is -0.533. The summed E-state index contributed by atoms with van der Waals surface area (Å²) >= 11 is 0. The predicted molar refractivity (Wildman–Crippen MR) is 81.3 cm³/mol. The van der Waals surface area contributed by atoms with Crippen molar-refractivity contribution in [3.05, 3.63) is 17.7 Å². The molecule has 1 aliphatic rings. The van der Waals surface area contributed by atoms with Gasteiger partial charge in [-0.3, -0.25) is 0 Å². The van der Waals surface area contributed by atoms with E-state index in [2.05, 4.69) is 12.2 Å². The van der Waals surface area contributed by atoms with Crippen molar-refractivity contribution in [2.45, 2.75) is 37.8 Å². The Hall–Kier alpha value is -1.46. The van der Waals surface area contributed by atoms with Gasteiger partial charge < -0.3 is 24.6 Å². The van der Waals surface area contributed by atoms with Crippen LogP contribution < -0.4 is 19.5 Å². The zero-order valence-corrected chi connectivity index (χ0v) is 13.2. The van der Waals surface area contributed by atoms with Gasteiger partial charge in [0.05, 0.1) is 26.9 Å². The Morgan fingerprint density at radius 2 is 1.71 bits per heavy atom. The highest BCUT2D eigenvalue weighted by Gasteiger charge is 2.34. The van der Waals surface area contributed by atoms with Crippen molar-refractivity contribution in [3.63, 3.8) is 0 Å². The first-order chi connectivity index (χ1) is 10.0. The Kier molecular flexibility index (Phi) is 4.96. The molecule has 21 heavy (non-hydrogen) atoms. The third-order valence-corrected chi connectivity index (χ3v) is 4.21. The van der Waals surface area contributed by atoms with E-state index >= 15 is 0 Å². The summed E-state index contributed by atoms with van der Waals surface area (Å²) in [7, 11) is 4.81. The van der Waals surface area contributed by atoms with E-state index in [1.54, 1.807) is 21.3 Å². The van der Waals surface area contributed by atoms with Crippen LogP contribution in [0.2, 0.25) is 0 Å². The molecule has 0 aromatic heterocycles. The molecule has 0 radical (unpaired) electrons. The summed E-state index contributed by atoms with van der Waals surface area (Å²) in [5, 5.41) is 13.5. The van der Waals surface area contributed by atoms with Gasteiger partial charge in [0.15, 0.2) is 11.5 Å². The SMILES string of the molecule is COc1cc(C(C)NCC2(O)CCC2)cc(OC)c1OC. The summed E-state index contributed by atoms with van der Waals surface area (Å²) in [6, 6.07) is 3.96. The molecule has 2 rings (SSSR count). The maximum Gasteiger partial charge on any atom is 0.203 e. The van der Waals surface area contributed by atoms with Crippen LogP contribution >= 0.6 is 0 Å². The van der Waals surface area contributed by atoms with Crippen LogP contribution in [0.4, 0.5) is 0 Å². The fourth-order valence-corrected chi connectivity index (χ4v) is 2.57. The Bertz CT molecular complexity index is 460. The molecule has 1 aromatic rings. The van der Waals surface area contributed by atoms with Crippen LogP contribution in [0.15, 0.2) is 12.1 Å². The van der Waals surface area contributed by atoms with Crippen molar-refractivity contribution < 1.29 is 19.3 Å². The minimum Gasteiger partial charge on any atom is -0.493 e. The Morgan fingerprint density at radius 1 is 1.14 bits per heavy atom. The fraction of sp³-hybridized carbons (Fsp3) is 0.625. The Morgan fingerprint density at radius 3 is 2.10 bits per heavy atom. The quantitative estimate of drug-likeness (QED) is 0.808. The van der Waals surface area contributed by atoms with E-state index in [1.165, 1.54) is 0 Å². The van der Waals surface area contributed by atoms with Crippen LogP contribution in [0.3, 0.4) is 0 Å². The third kappa shape index (κ3) is 3.41. The van der Waals surface area contributed by atoms with Gasteiger partial charge in [-0.25, -0.2) is 0 Å². The van der Waals surface area contributed by atoms with Gasteiger partial charge in [0.1, 0.15) is 0 Å². The molecule has 0 amide bonds. The second-order valence-corrected chi connectivity index (χ2v) is 5.64. The molecular formula is C16H25NO4. The first kappa shape index (κ1) is 15.9. The van der Waals surface area contributed by atoms with Gasteiger partial charge in [0, 0.05) is 12.6 Å². The smallest absolute Gasteiger partial charge is 0.203 e. The summed E-state index contributed by atoms with van der Waals surface area (Å²) < 4.78 is 16.1. The van der Waals surface area contributed by atoms with Gasteiger partial charge in [-0.1, -0.05) is 0 Å². The zero-order chi connectivity index (χ0) is 15.5. The summed E-state index contributed by atoms with van der Waals surface area (Å²) in [4.78, 5) is 0. The summed E-state index contributed by atoms with van der Waals surface area (Å²) in [5.74, 6) is 1.87. The topological polar surface area (TPSA) is 60.0 Å². The molecule has 1 saturated carbocycles. The van der Waals surface area contributed by atoms with Crippen LogP contribution in [0.25, 0.3) is 0 Å². The standard InChI is InChI=1S/C16H25NO4/c1-11(17-10-16(18)6-5-7-16)12-8-13(19-2)15(21-4)14(9-12)20-3/h8-9,11,17-18H,5-7,10H2,1-4H3. The van der Waals surface area contributed by atoms with Crippen molar-refractivity contribution in [2.24, 2.45) is 0 Å². The predicted octanol–water partition coefficient (Wildman–Crippen LogP) is 2.28. The van der Waals surface area contributed by atoms with Crippen molar-refractivity contribution in [1.82, 2.24) is 5.32 Å². The van der Waals surface area contributed by atoms with Gasteiger partial charge in [-0.05, 0) is 43.9 Å². The molecule has 0 bridgehead atoms. The number of hydrogen-bond donors (Lipinski definition) is 2. The molecule has 0 aliphatic heterocycles. The Labute approximate surface area is 126 Å². The molecule has 0 saturated heterocycles. The first-order valence-electron chi connectivity index (χ1n) is 7.28. The van der Waals surface area contributed by atoms with Crippen LogP contribution in [0, 0.1) is 0 Å². The minimum absolute atomic E-state index is 0.0864. The molecule has 1 unspecified atom stereocenters. The molecule has 5 heteroatoms. The van der Waals surface area contributed by atoms with Crippen molar-refractivity contribution >= 4 is 0 Å². The molecule has 0 spiro atoms. The average Bonchev–Trinajstić information content (AvgIpc) is 2.48. The monoisotopic (exact) mass is 295 g/mol. The van der Waals surface area contributed by atoms with E-state index in [0.717, 1.165) is 24.8 Å². The number of aliphatic hydroxyl groups is 1. The fourth-order valence-electron chi connectivity index (χ4n) is 2.57. The largest absolute Gasteiger partial charge is 0.493 e. The molecule has 1 atom stereocenters. The zero-order valence-electron chi connectivity index (χ0n) is 13.2. The van der Waals surface area contributed by atoms with E-state index in [4.69, 9.17) is 14.2 Å². The number of rotatable bonds is 7. The van der Waals surface area contributed by atoms with Gasteiger partial charge in [0.2, 0.25) is 5.75 Å². The summed E-state index contributed by atoms with van der Waals surface area (Å²) in [5.41, 5.74) is 0.502. The lowest BCUT2D eigenvalue weighted by Gasteiger charge is -2.37. The maximum absolute atomic E-state index is 10.2. The average molecular weight is 295 g/mol. The molecule has 1 fully saturated rings. The highest BCUT2D eigenvalue weighted by atomic mass is 16.5. The molecule has 118 valence electrons. The van der Waals surface area contributed by atoms with E-state index in [0.29, 0.717) is 23.8 Å². The lowest BCUT2D eigenvalue weighted by atomic mass is 9.80.